The Labute approximate surface area is 150 Å². The van der Waals surface area contributed by atoms with E-state index in [9.17, 15) is 9.59 Å². The highest BCUT2D eigenvalue weighted by Crippen LogP contribution is 2.16. The van der Waals surface area contributed by atoms with Gasteiger partial charge in [-0.25, -0.2) is 4.98 Å². The topological polar surface area (TPSA) is 71.1 Å². The summed E-state index contributed by atoms with van der Waals surface area (Å²) in [7, 11) is 0. The van der Waals surface area contributed by atoms with E-state index in [2.05, 4.69) is 9.88 Å². The lowest BCUT2D eigenvalue weighted by molar-refractivity contribution is 0.0613. The van der Waals surface area contributed by atoms with Crippen molar-refractivity contribution < 1.29 is 14.0 Å². The number of carbonyl (C=O) groups excluding carboxylic acids is 2. The number of furan rings is 1. The summed E-state index contributed by atoms with van der Waals surface area (Å²) in [6.07, 6.45) is 3.36. The molecule has 0 aliphatic carbocycles. The van der Waals surface area contributed by atoms with Gasteiger partial charge in [-0.05, 0) is 31.2 Å². The lowest BCUT2D eigenvalue weighted by Crippen LogP contribution is -2.50. The molecule has 0 aromatic carbocycles. The lowest BCUT2D eigenvalue weighted by atomic mass is 10.2. The molecule has 4 heterocycles. The first kappa shape index (κ1) is 16.5. The van der Waals surface area contributed by atoms with Gasteiger partial charge in [-0.2, -0.15) is 0 Å². The number of rotatable bonds is 4. The Kier molecular flexibility index (Phi) is 4.30. The predicted molar refractivity (Wildman–Crippen MR) is 95.3 cm³/mol. The second kappa shape index (κ2) is 6.76. The fraction of sp³-hybridized carbons (Fsp3) is 0.316. The second-order valence-electron chi connectivity index (χ2n) is 6.44. The third-order valence-corrected chi connectivity index (χ3v) is 4.73. The normalized spacial score (nSPS) is 15.5. The summed E-state index contributed by atoms with van der Waals surface area (Å²) in [6, 6.07) is 9.08. The zero-order valence-electron chi connectivity index (χ0n) is 14.6. The van der Waals surface area contributed by atoms with Gasteiger partial charge < -0.3 is 9.32 Å². The number of hydrogen-bond donors (Lipinski definition) is 0. The molecule has 1 aliphatic rings. The van der Waals surface area contributed by atoms with E-state index in [1.165, 1.54) is 6.26 Å². The maximum atomic E-state index is 13.0. The third kappa shape index (κ3) is 3.01. The van der Waals surface area contributed by atoms with E-state index in [1.807, 2.05) is 40.6 Å². The number of aromatic nitrogens is 2. The zero-order chi connectivity index (χ0) is 18.1. The Morgan fingerprint density at radius 2 is 1.92 bits per heavy atom. The highest BCUT2D eigenvalue weighted by Gasteiger charge is 2.27. The molecule has 134 valence electrons. The zero-order valence-corrected chi connectivity index (χ0v) is 14.6. The van der Waals surface area contributed by atoms with Gasteiger partial charge in [-0.15, -0.1) is 0 Å². The van der Waals surface area contributed by atoms with Crippen LogP contribution in [0.5, 0.6) is 0 Å². The highest BCUT2D eigenvalue weighted by atomic mass is 16.3. The molecular formula is C19H20N4O3. The molecule has 3 aromatic rings. The molecule has 7 nitrogen and oxygen atoms in total. The number of amides is 1. The van der Waals surface area contributed by atoms with Crippen molar-refractivity contribution in [2.45, 2.75) is 6.92 Å². The van der Waals surface area contributed by atoms with E-state index in [-0.39, 0.29) is 11.7 Å². The van der Waals surface area contributed by atoms with Crippen LogP contribution in [0.15, 0.2) is 47.2 Å². The molecule has 0 unspecified atom stereocenters. The molecular weight excluding hydrogens is 332 g/mol. The molecule has 7 heteroatoms. The van der Waals surface area contributed by atoms with Gasteiger partial charge in [0.05, 0.1) is 18.5 Å². The molecule has 0 spiro atoms. The molecule has 0 radical (unpaired) electrons. The Balaban J connectivity index is 1.42. The number of hydrogen-bond acceptors (Lipinski definition) is 5. The van der Waals surface area contributed by atoms with Gasteiger partial charge >= 0.3 is 0 Å². The standard InChI is InChI=1S/C19H20N4O3/c1-14-18(23-7-3-2-6-17(23)20-14)19(25)22-10-8-21(9-11-22)13-15(24)16-5-4-12-26-16/h2-7,12H,8-11,13H2,1H3. The fourth-order valence-corrected chi connectivity index (χ4v) is 3.35. The number of imidazole rings is 1. The van der Waals surface area contributed by atoms with E-state index < -0.39 is 0 Å². The predicted octanol–water partition coefficient (Wildman–Crippen LogP) is 1.88. The van der Waals surface area contributed by atoms with Crippen molar-refractivity contribution in [1.82, 2.24) is 19.2 Å². The van der Waals surface area contributed by atoms with Crippen LogP contribution in [0.4, 0.5) is 0 Å². The lowest BCUT2D eigenvalue weighted by Gasteiger charge is -2.34. The third-order valence-electron chi connectivity index (χ3n) is 4.73. The number of carbonyl (C=O) groups is 2. The van der Waals surface area contributed by atoms with Gasteiger partial charge in [0.2, 0.25) is 5.78 Å². The van der Waals surface area contributed by atoms with Crippen molar-refractivity contribution in [3.05, 3.63) is 59.9 Å². The molecule has 3 aromatic heterocycles. The quantitative estimate of drug-likeness (QED) is 0.671. The second-order valence-corrected chi connectivity index (χ2v) is 6.44. The molecule has 1 aliphatic heterocycles. The Hall–Kier alpha value is -2.93. The van der Waals surface area contributed by atoms with Crippen LogP contribution in [0, 0.1) is 6.92 Å². The van der Waals surface area contributed by atoms with Crippen molar-refractivity contribution in [3.8, 4) is 0 Å². The molecule has 0 saturated carbocycles. The maximum Gasteiger partial charge on any atom is 0.272 e. The van der Waals surface area contributed by atoms with Gasteiger partial charge in [0.25, 0.3) is 5.91 Å². The monoisotopic (exact) mass is 352 g/mol. The minimum Gasteiger partial charge on any atom is -0.461 e. The maximum absolute atomic E-state index is 13.0. The summed E-state index contributed by atoms with van der Waals surface area (Å²) in [6.45, 7) is 4.66. The van der Waals surface area contributed by atoms with Crippen LogP contribution >= 0.6 is 0 Å². The Morgan fingerprint density at radius 3 is 2.65 bits per heavy atom. The molecule has 1 saturated heterocycles. The number of piperazine rings is 1. The smallest absolute Gasteiger partial charge is 0.272 e. The van der Waals surface area contributed by atoms with Crippen LogP contribution in [0.2, 0.25) is 0 Å². The number of pyridine rings is 1. The van der Waals surface area contributed by atoms with Crippen LogP contribution in [0.3, 0.4) is 0 Å². The molecule has 1 amide bonds. The minimum atomic E-state index is -0.0348. The fourth-order valence-electron chi connectivity index (χ4n) is 3.35. The number of fused-ring (bicyclic) bond motifs is 1. The van der Waals surface area contributed by atoms with Gasteiger partial charge in [0, 0.05) is 32.4 Å². The molecule has 26 heavy (non-hydrogen) atoms. The van der Waals surface area contributed by atoms with Crippen molar-refractivity contribution in [2.75, 3.05) is 32.7 Å². The summed E-state index contributed by atoms with van der Waals surface area (Å²) in [4.78, 5) is 33.5. The van der Waals surface area contributed by atoms with E-state index >= 15 is 0 Å². The summed E-state index contributed by atoms with van der Waals surface area (Å²) < 4.78 is 6.99. The van der Waals surface area contributed by atoms with Gasteiger partial charge in [0.1, 0.15) is 11.3 Å². The van der Waals surface area contributed by atoms with Crippen LogP contribution < -0.4 is 0 Å². The van der Waals surface area contributed by atoms with Crippen molar-refractivity contribution in [2.24, 2.45) is 0 Å². The number of Topliss-reactive ketones (excluding diaryl/α,β-unsaturated/α-hetero) is 1. The van der Waals surface area contributed by atoms with Crippen molar-refractivity contribution >= 4 is 17.3 Å². The summed E-state index contributed by atoms with van der Waals surface area (Å²) in [5.74, 6) is 0.329. The molecule has 4 rings (SSSR count). The first-order valence-corrected chi connectivity index (χ1v) is 8.65. The number of aryl methyl sites for hydroxylation is 1. The first-order valence-electron chi connectivity index (χ1n) is 8.65. The first-order chi connectivity index (χ1) is 12.6. The summed E-state index contributed by atoms with van der Waals surface area (Å²) in [5.41, 5.74) is 2.12. The van der Waals surface area contributed by atoms with Gasteiger partial charge in [-0.3, -0.25) is 18.9 Å². The van der Waals surface area contributed by atoms with Crippen LogP contribution in [0.1, 0.15) is 26.7 Å². The van der Waals surface area contributed by atoms with Crippen molar-refractivity contribution in [3.63, 3.8) is 0 Å². The van der Waals surface area contributed by atoms with E-state index in [1.54, 1.807) is 12.1 Å². The van der Waals surface area contributed by atoms with Crippen molar-refractivity contribution in [1.29, 1.82) is 0 Å². The van der Waals surface area contributed by atoms with E-state index in [0.717, 1.165) is 11.3 Å². The average Bonchev–Trinajstić information content (AvgIpc) is 3.29. The minimum absolute atomic E-state index is 0.0155. The van der Waals surface area contributed by atoms with Gasteiger partial charge in [0.15, 0.2) is 5.76 Å². The average molecular weight is 352 g/mol. The SMILES string of the molecule is Cc1nc2ccccn2c1C(=O)N1CCN(CC(=O)c2ccco2)CC1. The summed E-state index contributed by atoms with van der Waals surface area (Å²) >= 11 is 0. The molecule has 0 N–H and O–H groups in total. The van der Waals surface area contributed by atoms with Gasteiger partial charge in [-0.1, -0.05) is 6.07 Å². The molecule has 1 fully saturated rings. The number of ketones is 1. The summed E-state index contributed by atoms with van der Waals surface area (Å²) in [5, 5.41) is 0. The van der Waals surface area contributed by atoms with E-state index in [0.29, 0.717) is 44.2 Å². The highest BCUT2D eigenvalue weighted by molar-refractivity contribution is 5.95. The Morgan fingerprint density at radius 1 is 1.12 bits per heavy atom. The largest absolute Gasteiger partial charge is 0.461 e. The Bertz CT molecular complexity index is 937. The van der Waals surface area contributed by atoms with Crippen LogP contribution in [-0.2, 0) is 0 Å². The van der Waals surface area contributed by atoms with Crippen LogP contribution in [0.25, 0.3) is 5.65 Å². The molecule has 0 atom stereocenters. The van der Waals surface area contributed by atoms with E-state index in [4.69, 9.17) is 4.42 Å². The van der Waals surface area contributed by atoms with Crippen LogP contribution in [-0.4, -0.2) is 63.6 Å². The molecule has 0 bridgehead atoms. The number of nitrogens with zero attached hydrogens (tertiary/aromatic N) is 4.